The molecule has 0 aromatic rings. The van der Waals surface area contributed by atoms with Crippen LogP contribution in [-0.2, 0) is 9.47 Å². The molecule has 0 radical (unpaired) electrons. The van der Waals surface area contributed by atoms with Gasteiger partial charge in [-0.15, -0.1) is 0 Å². The van der Waals surface area contributed by atoms with Gasteiger partial charge in [0.05, 0.1) is 12.6 Å². The molecule has 0 aromatic carbocycles. The molecule has 2 aliphatic rings. The minimum atomic E-state index is 0.423. The molecule has 1 atom stereocenters. The molecule has 1 unspecified atom stereocenters. The lowest BCUT2D eigenvalue weighted by Gasteiger charge is -2.31. The van der Waals surface area contributed by atoms with E-state index < -0.39 is 0 Å². The first-order valence-electron chi connectivity index (χ1n) is 6.55. The molecule has 0 spiro atoms. The fraction of sp³-hybridized carbons (Fsp3) is 0.846. The van der Waals surface area contributed by atoms with Gasteiger partial charge in [-0.25, -0.2) is 0 Å². The van der Waals surface area contributed by atoms with Crippen molar-refractivity contribution in [2.24, 2.45) is 5.92 Å². The molecule has 92 valence electrons. The Labute approximate surface area is 98.2 Å². The molecule has 16 heavy (non-hydrogen) atoms. The average Bonchev–Trinajstić information content (AvgIpc) is 2.85. The highest BCUT2D eigenvalue weighted by atomic mass is 16.5. The Morgan fingerprint density at radius 3 is 2.81 bits per heavy atom. The van der Waals surface area contributed by atoms with Gasteiger partial charge in [0.2, 0.25) is 0 Å². The van der Waals surface area contributed by atoms with E-state index in [0.29, 0.717) is 12.0 Å². The SMILES string of the molecule is CCCNC(C1=CCCO1)C1CCOCC1. The van der Waals surface area contributed by atoms with Crippen molar-refractivity contribution in [1.82, 2.24) is 5.32 Å². The van der Waals surface area contributed by atoms with E-state index in [-0.39, 0.29) is 0 Å². The Bertz CT molecular complexity index is 234. The molecule has 0 bridgehead atoms. The highest BCUT2D eigenvalue weighted by molar-refractivity contribution is 5.09. The van der Waals surface area contributed by atoms with E-state index in [4.69, 9.17) is 9.47 Å². The molecule has 0 saturated carbocycles. The van der Waals surface area contributed by atoms with Gasteiger partial charge in [0.15, 0.2) is 0 Å². The lowest BCUT2D eigenvalue weighted by Crippen LogP contribution is -2.41. The van der Waals surface area contributed by atoms with Crippen molar-refractivity contribution in [3.05, 3.63) is 11.8 Å². The van der Waals surface area contributed by atoms with E-state index in [2.05, 4.69) is 18.3 Å². The fourth-order valence-electron chi connectivity index (χ4n) is 2.50. The summed E-state index contributed by atoms with van der Waals surface area (Å²) in [6, 6.07) is 0.423. The van der Waals surface area contributed by atoms with Gasteiger partial charge in [-0.3, -0.25) is 0 Å². The van der Waals surface area contributed by atoms with Crippen LogP contribution in [0.2, 0.25) is 0 Å². The average molecular weight is 225 g/mol. The van der Waals surface area contributed by atoms with Gasteiger partial charge >= 0.3 is 0 Å². The molecular weight excluding hydrogens is 202 g/mol. The fourth-order valence-corrected chi connectivity index (χ4v) is 2.50. The zero-order valence-corrected chi connectivity index (χ0v) is 10.2. The number of nitrogens with one attached hydrogen (secondary N) is 1. The van der Waals surface area contributed by atoms with Crippen molar-refractivity contribution in [3.8, 4) is 0 Å². The van der Waals surface area contributed by atoms with Gasteiger partial charge in [0, 0.05) is 19.6 Å². The van der Waals surface area contributed by atoms with Crippen molar-refractivity contribution in [3.63, 3.8) is 0 Å². The number of hydrogen-bond donors (Lipinski definition) is 1. The van der Waals surface area contributed by atoms with Crippen molar-refractivity contribution in [2.75, 3.05) is 26.4 Å². The van der Waals surface area contributed by atoms with E-state index in [1.807, 2.05) is 0 Å². The highest BCUT2D eigenvalue weighted by Gasteiger charge is 2.28. The monoisotopic (exact) mass is 225 g/mol. The summed E-state index contributed by atoms with van der Waals surface area (Å²) in [7, 11) is 0. The molecule has 2 aliphatic heterocycles. The van der Waals surface area contributed by atoms with Crippen molar-refractivity contribution < 1.29 is 9.47 Å². The Kier molecular flexibility index (Phi) is 4.67. The third-order valence-electron chi connectivity index (χ3n) is 3.39. The molecule has 1 N–H and O–H groups in total. The maximum absolute atomic E-state index is 5.72. The lowest BCUT2D eigenvalue weighted by molar-refractivity contribution is 0.0499. The van der Waals surface area contributed by atoms with Crippen LogP contribution < -0.4 is 5.32 Å². The molecule has 2 rings (SSSR count). The maximum atomic E-state index is 5.72. The van der Waals surface area contributed by atoms with Gasteiger partial charge in [0.1, 0.15) is 5.76 Å². The Morgan fingerprint density at radius 1 is 1.38 bits per heavy atom. The summed E-state index contributed by atoms with van der Waals surface area (Å²) in [5.74, 6) is 1.87. The smallest absolute Gasteiger partial charge is 0.109 e. The summed E-state index contributed by atoms with van der Waals surface area (Å²) in [6.45, 7) is 5.95. The van der Waals surface area contributed by atoms with E-state index in [1.165, 1.54) is 12.2 Å². The second-order valence-corrected chi connectivity index (χ2v) is 4.63. The molecule has 2 heterocycles. The molecule has 1 fully saturated rings. The Morgan fingerprint density at radius 2 is 2.19 bits per heavy atom. The molecule has 0 aromatic heterocycles. The minimum absolute atomic E-state index is 0.423. The molecular formula is C13H23NO2. The molecule has 1 saturated heterocycles. The van der Waals surface area contributed by atoms with Gasteiger partial charge in [-0.05, 0) is 37.8 Å². The second-order valence-electron chi connectivity index (χ2n) is 4.63. The van der Waals surface area contributed by atoms with Crippen LogP contribution in [0.3, 0.4) is 0 Å². The van der Waals surface area contributed by atoms with Crippen LogP contribution in [0.25, 0.3) is 0 Å². The van der Waals surface area contributed by atoms with Gasteiger partial charge in [0.25, 0.3) is 0 Å². The van der Waals surface area contributed by atoms with Crippen LogP contribution in [0.4, 0.5) is 0 Å². The topological polar surface area (TPSA) is 30.5 Å². The highest BCUT2D eigenvalue weighted by Crippen LogP contribution is 2.26. The van der Waals surface area contributed by atoms with E-state index in [9.17, 15) is 0 Å². The molecule has 3 nitrogen and oxygen atoms in total. The largest absolute Gasteiger partial charge is 0.496 e. The third-order valence-corrected chi connectivity index (χ3v) is 3.39. The molecule has 0 aliphatic carbocycles. The van der Waals surface area contributed by atoms with Crippen molar-refractivity contribution in [1.29, 1.82) is 0 Å². The molecule has 3 heteroatoms. The van der Waals surface area contributed by atoms with Crippen LogP contribution in [0.1, 0.15) is 32.6 Å². The van der Waals surface area contributed by atoms with Crippen LogP contribution >= 0.6 is 0 Å². The Balaban J connectivity index is 1.94. The summed E-state index contributed by atoms with van der Waals surface area (Å²) in [4.78, 5) is 0. The summed E-state index contributed by atoms with van der Waals surface area (Å²) in [5.41, 5.74) is 0. The van der Waals surface area contributed by atoms with E-state index >= 15 is 0 Å². The predicted molar refractivity (Wildman–Crippen MR) is 64.3 cm³/mol. The van der Waals surface area contributed by atoms with Crippen LogP contribution in [0.15, 0.2) is 11.8 Å². The van der Waals surface area contributed by atoms with Crippen molar-refractivity contribution in [2.45, 2.75) is 38.6 Å². The second kappa shape index (κ2) is 6.26. The van der Waals surface area contributed by atoms with E-state index in [0.717, 1.165) is 45.6 Å². The predicted octanol–water partition coefficient (Wildman–Crippen LogP) is 2.09. The summed E-state index contributed by atoms with van der Waals surface area (Å²) < 4.78 is 11.2. The standard InChI is InChI=1S/C13H23NO2/c1-2-7-14-13(12-4-3-8-16-12)11-5-9-15-10-6-11/h4,11,13-14H,2-3,5-10H2,1H3. The first-order chi connectivity index (χ1) is 7.92. The summed E-state index contributed by atoms with van der Waals surface area (Å²) >= 11 is 0. The molecule has 0 amide bonds. The van der Waals surface area contributed by atoms with Crippen LogP contribution in [-0.4, -0.2) is 32.4 Å². The first-order valence-corrected chi connectivity index (χ1v) is 6.55. The number of hydrogen-bond acceptors (Lipinski definition) is 3. The zero-order chi connectivity index (χ0) is 11.2. The van der Waals surface area contributed by atoms with Gasteiger partial charge in [-0.1, -0.05) is 6.92 Å². The van der Waals surface area contributed by atoms with Crippen molar-refractivity contribution >= 4 is 0 Å². The maximum Gasteiger partial charge on any atom is 0.109 e. The third kappa shape index (κ3) is 2.98. The summed E-state index contributed by atoms with van der Waals surface area (Å²) in [6.07, 6.45) is 6.81. The summed E-state index contributed by atoms with van der Waals surface area (Å²) in [5, 5.41) is 3.63. The van der Waals surface area contributed by atoms with E-state index in [1.54, 1.807) is 0 Å². The van der Waals surface area contributed by atoms with Crippen LogP contribution in [0.5, 0.6) is 0 Å². The van der Waals surface area contributed by atoms with Gasteiger partial charge < -0.3 is 14.8 Å². The van der Waals surface area contributed by atoms with Crippen LogP contribution in [0, 0.1) is 5.92 Å². The van der Waals surface area contributed by atoms with Gasteiger partial charge in [-0.2, -0.15) is 0 Å². The normalized spacial score (nSPS) is 23.9. The quantitative estimate of drug-likeness (QED) is 0.777. The Hall–Kier alpha value is -0.540. The zero-order valence-electron chi connectivity index (χ0n) is 10.2. The number of ether oxygens (including phenoxy) is 2. The minimum Gasteiger partial charge on any atom is -0.496 e. The first kappa shape index (κ1) is 11.9. The number of rotatable bonds is 5. The lowest BCUT2D eigenvalue weighted by atomic mass is 9.90.